The van der Waals surface area contributed by atoms with E-state index in [1.54, 1.807) is 17.3 Å². The lowest BCUT2D eigenvalue weighted by atomic mass is 9.91. The van der Waals surface area contributed by atoms with Crippen molar-refractivity contribution in [2.45, 2.75) is 90.1 Å². The zero-order chi connectivity index (χ0) is 28.4. The summed E-state index contributed by atoms with van der Waals surface area (Å²) in [5.41, 5.74) is 2.05. The molecule has 0 spiro atoms. The third-order valence-corrected chi connectivity index (χ3v) is 6.52. The number of esters is 1. The van der Waals surface area contributed by atoms with Gasteiger partial charge in [0.25, 0.3) is 0 Å². The van der Waals surface area contributed by atoms with Crippen molar-refractivity contribution < 1.29 is 28.6 Å². The number of rotatable bonds is 11. The van der Waals surface area contributed by atoms with Crippen LogP contribution in [0.25, 0.3) is 0 Å². The van der Waals surface area contributed by atoms with Crippen LogP contribution >= 0.6 is 0 Å². The van der Waals surface area contributed by atoms with Crippen LogP contribution in [0.5, 0.6) is 6.01 Å². The molecule has 10 heteroatoms. The molecule has 2 aromatic heterocycles. The Morgan fingerprint density at radius 3 is 2.44 bits per heavy atom. The minimum Gasteiger partial charge on any atom is -0.469 e. The number of carbonyl (C=O) groups excluding carboxylic acids is 3. The van der Waals surface area contributed by atoms with Gasteiger partial charge in [-0.2, -0.15) is 0 Å². The number of hydrogen-bond acceptors (Lipinski definition) is 9. The number of aryl methyl sites for hydroxylation is 2. The summed E-state index contributed by atoms with van der Waals surface area (Å²) in [6.45, 7) is 6.16. The number of pyridine rings is 1. The topological polar surface area (TPSA) is 121 Å². The second-order valence-electron chi connectivity index (χ2n) is 10.8. The maximum absolute atomic E-state index is 12.9. The summed E-state index contributed by atoms with van der Waals surface area (Å²) >= 11 is 0. The van der Waals surface area contributed by atoms with Crippen molar-refractivity contribution in [2.75, 3.05) is 25.7 Å². The molecule has 1 atom stereocenters. The average Bonchev–Trinajstić information content (AvgIpc) is 3.12. The highest BCUT2D eigenvalue weighted by molar-refractivity contribution is 5.87. The minimum absolute atomic E-state index is 0.0608. The number of ether oxygens (including phenoxy) is 3. The molecule has 2 aromatic rings. The van der Waals surface area contributed by atoms with E-state index in [1.165, 1.54) is 14.2 Å². The molecule has 0 radical (unpaired) electrons. The zero-order valence-corrected chi connectivity index (χ0v) is 23.7. The fraction of sp³-hybridized carbons (Fsp3) is 0.586. The Hall–Kier alpha value is -3.56. The average molecular weight is 541 g/mol. The molecule has 0 bridgehead atoms. The maximum Gasteiger partial charge on any atom is 0.416 e. The first-order valence-electron chi connectivity index (χ1n) is 13.5. The third kappa shape index (κ3) is 9.30. The van der Waals surface area contributed by atoms with Crippen molar-refractivity contribution in [2.24, 2.45) is 0 Å². The van der Waals surface area contributed by atoms with Crippen LogP contribution in [-0.2, 0) is 31.9 Å². The largest absolute Gasteiger partial charge is 0.469 e. The second-order valence-corrected chi connectivity index (χ2v) is 10.8. The first kappa shape index (κ1) is 30.0. The number of hydrogen-bond donors (Lipinski definition) is 0. The molecule has 0 unspecified atom stereocenters. The molecular weight excluding hydrogens is 500 g/mol. The summed E-state index contributed by atoms with van der Waals surface area (Å²) in [6.07, 6.45) is 8.39. The Labute approximate surface area is 230 Å². The van der Waals surface area contributed by atoms with Gasteiger partial charge in [-0.05, 0) is 76.5 Å². The van der Waals surface area contributed by atoms with E-state index in [0.29, 0.717) is 37.2 Å². The van der Waals surface area contributed by atoms with Gasteiger partial charge < -0.3 is 14.2 Å². The van der Waals surface area contributed by atoms with Gasteiger partial charge in [0.2, 0.25) is 0 Å². The van der Waals surface area contributed by atoms with Crippen LogP contribution in [0.4, 0.5) is 10.6 Å². The Morgan fingerprint density at radius 2 is 1.77 bits per heavy atom. The van der Waals surface area contributed by atoms with Crippen LogP contribution in [0.1, 0.15) is 88.5 Å². The Balaban J connectivity index is 1.57. The van der Waals surface area contributed by atoms with Gasteiger partial charge in [0, 0.05) is 43.4 Å². The van der Waals surface area contributed by atoms with Crippen LogP contribution in [0.3, 0.4) is 0 Å². The second kappa shape index (κ2) is 14.0. The van der Waals surface area contributed by atoms with Gasteiger partial charge in [0.1, 0.15) is 17.2 Å². The number of amides is 1. The molecule has 3 rings (SSSR count). The normalized spacial score (nSPS) is 14.1. The van der Waals surface area contributed by atoms with Crippen LogP contribution in [0.15, 0.2) is 24.5 Å². The zero-order valence-electron chi connectivity index (χ0n) is 23.7. The number of methoxy groups -OCH3 is 2. The van der Waals surface area contributed by atoms with Gasteiger partial charge in [-0.1, -0.05) is 6.07 Å². The van der Waals surface area contributed by atoms with E-state index < -0.39 is 11.6 Å². The highest BCUT2D eigenvalue weighted by Gasteiger charge is 2.27. The Bertz CT molecular complexity index is 1130. The van der Waals surface area contributed by atoms with E-state index in [-0.39, 0.29) is 36.6 Å². The van der Waals surface area contributed by atoms with E-state index in [2.05, 4.69) is 16.0 Å². The molecule has 0 fully saturated rings. The predicted octanol–water partition coefficient (Wildman–Crippen LogP) is 4.98. The monoisotopic (exact) mass is 540 g/mol. The highest BCUT2D eigenvalue weighted by atomic mass is 16.6. The van der Waals surface area contributed by atoms with Crippen molar-refractivity contribution in [1.29, 1.82) is 0 Å². The summed E-state index contributed by atoms with van der Waals surface area (Å²) in [5, 5.41) is 0. The van der Waals surface area contributed by atoms with Gasteiger partial charge in [-0.15, -0.1) is 0 Å². The number of ketones is 1. The molecule has 0 saturated carbocycles. The summed E-state index contributed by atoms with van der Waals surface area (Å²) in [7, 11) is 2.80. The number of nitrogens with zero attached hydrogens (tertiary/aromatic N) is 4. The molecule has 10 nitrogen and oxygen atoms in total. The van der Waals surface area contributed by atoms with Crippen molar-refractivity contribution in [1.82, 2.24) is 15.0 Å². The summed E-state index contributed by atoms with van der Waals surface area (Å²) in [4.78, 5) is 52.3. The van der Waals surface area contributed by atoms with Gasteiger partial charge in [0.15, 0.2) is 0 Å². The lowest BCUT2D eigenvalue weighted by molar-refractivity contribution is -0.141. The van der Waals surface area contributed by atoms with Gasteiger partial charge in [0.05, 0.1) is 20.6 Å². The lowest BCUT2D eigenvalue weighted by Crippen LogP contribution is -2.38. The number of fused-ring (bicyclic) bond motifs is 1. The van der Waals surface area contributed by atoms with E-state index in [4.69, 9.17) is 19.2 Å². The molecule has 1 aliphatic heterocycles. The summed E-state index contributed by atoms with van der Waals surface area (Å²) < 4.78 is 15.4. The molecule has 1 amide bonds. The molecule has 212 valence electrons. The highest BCUT2D eigenvalue weighted by Crippen LogP contribution is 2.28. The van der Waals surface area contributed by atoms with Gasteiger partial charge >= 0.3 is 18.1 Å². The van der Waals surface area contributed by atoms with E-state index in [9.17, 15) is 14.4 Å². The van der Waals surface area contributed by atoms with Crippen molar-refractivity contribution in [3.63, 3.8) is 0 Å². The van der Waals surface area contributed by atoms with Gasteiger partial charge in [-0.25, -0.2) is 19.7 Å². The third-order valence-electron chi connectivity index (χ3n) is 6.52. The predicted molar refractivity (Wildman–Crippen MR) is 146 cm³/mol. The van der Waals surface area contributed by atoms with E-state index >= 15 is 0 Å². The SMILES string of the molecule is COC(=O)C[C@H](CC(=O)CCCCc1ccc2c(n1)N(C(=O)OC(C)(C)C)CCCC2)c1cnc(OC)nc1. The van der Waals surface area contributed by atoms with Crippen molar-refractivity contribution in [3.05, 3.63) is 41.3 Å². The first-order valence-corrected chi connectivity index (χ1v) is 13.5. The lowest BCUT2D eigenvalue weighted by Gasteiger charge is -2.27. The molecule has 0 aliphatic carbocycles. The van der Waals surface area contributed by atoms with Crippen LogP contribution in [0, 0.1) is 0 Å². The number of Topliss-reactive ketones (excluding diaryl/α,β-unsaturated/α-hetero) is 1. The molecule has 0 N–H and O–H groups in total. The quantitative estimate of drug-likeness (QED) is 0.287. The Morgan fingerprint density at radius 1 is 1.03 bits per heavy atom. The molecular formula is C29H40N4O6. The van der Waals surface area contributed by atoms with E-state index in [0.717, 1.165) is 36.9 Å². The Kier molecular flexibility index (Phi) is 10.8. The maximum atomic E-state index is 12.9. The molecule has 0 aromatic carbocycles. The molecule has 0 saturated heterocycles. The first-order chi connectivity index (χ1) is 18.6. The molecule has 1 aliphatic rings. The van der Waals surface area contributed by atoms with Crippen molar-refractivity contribution >= 4 is 23.7 Å². The fourth-order valence-corrected chi connectivity index (χ4v) is 4.51. The standard InChI is InChI=1S/C29H40N4O6/c1-29(2,3)39-28(36)33-15-9-8-10-20-13-14-23(32-26(20)33)11-6-7-12-24(34)16-21(17-25(35)37-4)22-18-30-27(38-5)31-19-22/h13-14,18-19,21H,6-12,15-17H2,1-5H3/t21-/m0/s1. The number of aromatic nitrogens is 3. The van der Waals surface area contributed by atoms with E-state index in [1.807, 2.05) is 26.8 Å². The molecule has 3 heterocycles. The number of carbonyl (C=O) groups is 3. The van der Waals surface area contributed by atoms with Crippen molar-refractivity contribution in [3.8, 4) is 6.01 Å². The molecule has 39 heavy (non-hydrogen) atoms. The number of anilines is 1. The van der Waals surface area contributed by atoms with Crippen LogP contribution < -0.4 is 9.64 Å². The summed E-state index contributed by atoms with van der Waals surface area (Å²) in [5.74, 6) is -0.00679. The smallest absolute Gasteiger partial charge is 0.416 e. The number of unbranched alkanes of at least 4 members (excludes halogenated alkanes) is 1. The minimum atomic E-state index is -0.579. The fourth-order valence-electron chi connectivity index (χ4n) is 4.51. The summed E-state index contributed by atoms with van der Waals surface area (Å²) in [6, 6.07) is 4.29. The van der Waals surface area contributed by atoms with Crippen LogP contribution in [-0.4, -0.2) is 59.2 Å². The van der Waals surface area contributed by atoms with Crippen LogP contribution in [0.2, 0.25) is 0 Å². The van der Waals surface area contributed by atoms with Gasteiger partial charge in [-0.3, -0.25) is 14.5 Å².